The van der Waals surface area contributed by atoms with Crippen LogP contribution in [0.4, 0.5) is 4.39 Å². The maximum Gasteiger partial charge on any atom is 0.128 e. The molecule has 1 aromatic rings. The Morgan fingerprint density at radius 2 is 2.13 bits per heavy atom. The largest absolute Gasteiger partial charge is 0.389 e. The molecule has 0 bridgehead atoms. The van der Waals surface area contributed by atoms with Gasteiger partial charge in [0.2, 0.25) is 0 Å². The molecule has 0 aromatic heterocycles. The molecule has 0 spiro atoms. The van der Waals surface area contributed by atoms with Crippen molar-refractivity contribution in [3.05, 3.63) is 35.6 Å². The Bertz CT molecular complexity index is 497. The number of hydrogen-bond acceptors (Lipinski definition) is 4. The average Bonchev–Trinajstić information content (AvgIpc) is 2.57. The zero-order valence-electron chi connectivity index (χ0n) is 13.5. The fourth-order valence-corrected chi connectivity index (χ4v) is 3.65. The monoisotopic (exact) mass is 323 g/mol. The highest BCUT2D eigenvalue weighted by atomic mass is 19.1. The van der Waals surface area contributed by atoms with Crippen molar-refractivity contribution < 1.29 is 19.0 Å². The normalized spacial score (nSPS) is 26.7. The van der Waals surface area contributed by atoms with E-state index < -0.39 is 6.10 Å². The standard InChI is InChI=1S/C18H26FNO3/c19-16-6-2-1-5-14(16)12-22-13-15(21)11-20-9-10-23-18-8-4-3-7-17(18)20/h1-2,5-6,15,17-18,21H,3-4,7-13H2. The number of hydrogen-bond donors (Lipinski definition) is 1. The van der Waals surface area contributed by atoms with E-state index in [0.29, 0.717) is 24.3 Å². The second kappa shape index (κ2) is 8.20. The molecule has 5 heteroatoms. The first-order chi connectivity index (χ1) is 11.2. The van der Waals surface area contributed by atoms with E-state index in [0.717, 1.165) is 26.0 Å². The van der Waals surface area contributed by atoms with Gasteiger partial charge in [-0.2, -0.15) is 0 Å². The molecular weight excluding hydrogens is 297 g/mol. The predicted molar refractivity (Wildman–Crippen MR) is 85.6 cm³/mol. The molecule has 3 atom stereocenters. The molecule has 4 nitrogen and oxygen atoms in total. The van der Waals surface area contributed by atoms with Crippen LogP contribution in [0.2, 0.25) is 0 Å². The fourth-order valence-electron chi connectivity index (χ4n) is 3.65. The van der Waals surface area contributed by atoms with Crippen molar-refractivity contribution in [2.45, 2.75) is 50.5 Å². The molecule has 1 saturated carbocycles. The average molecular weight is 323 g/mol. The molecule has 3 rings (SSSR count). The van der Waals surface area contributed by atoms with Crippen LogP contribution in [0.1, 0.15) is 31.2 Å². The van der Waals surface area contributed by atoms with Crippen LogP contribution in [0, 0.1) is 5.82 Å². The molecule has 2 aliphatic rings. The number of aliphatic hydroxyl groups is 1. The van der Waals surface area contributed by atoms with E-state index in [2.05, 4.69) is 4.90 Å². The first-order valence-corrected chi connectivity index (χ1v) is 8.59. The zero-order chi connectivity index (χ0) is 16.1. The Morgan fingerprint density at radius 1 is 1.30 bits per heavy atom. The lowest BCUT2D eigenvalue weighted by Gasteiger charge is -2.44. The van der Waals surface area contributed by atoms with Gasteiger partial charge in [0, 0.05) is 24.7 Å². The molecule has 128 valence electrons. The highest BCUT2D eigenvalue weighted by Gasteiger charge is 2.34. The van der Waals surface area contributed by atoms with Gasteiger partial charge in [-0.1, -0.05) is 31.0 Å². The van der Waals surface area contributed by atoms with Crippen LogP contribution in [0.15, 0.2) is 24.3 Å². The summed E-state index contributed by atoms with van der Waals surface area (Å²) in [7, 11) is 0. The number of aliphatic hydroxyl groups excluding tert-OH is 1. The fraction of sp³-hybridized carbons (Fsp3) is 0.667. The van der Waals surface area contributed by atoms with Crippen molar-refractivity contribution >= 4 is 0 Å². The first kappa shape index (κ1) is 16.8. The minimum atomic E-state index is -0.553. The third kappa shape index (κ3) is 4.51. The molecule has 1 aliphatic heterocycles. The molecule has 1 heterocycles. The molecule has 3 unspecified atom stereocenters. The SMILES string of the molecule is OC(COCc1ccccc1F)CN1CCOC2CCCCC21. The Hall–Kier alpha value is -1.01. The van der Waals surface area contributed by atoms with Crippen molar-refractivity contribution in [3.8, 4) is 0 Å². The lowest BCUT2D eigenvalue weighted by Crippen LogP contribution is -2.54. The third-order valence-corrected chi connectivity index (χ3v) is 4.82. The van der Waals surface area contributed by atoms with Crippen LogP contribution in [-0.4, -0.2) is 54.6 Å². The van der Waals surface area contributed by atoms with Gasteiger partial charge in [0.1, 0.15) is 5.82 Å². The molecule has 1 N–H and O–H groups in total. The smallest absolute Gasteiger partial charge is 0.128 e. The van der Waals surface area contributed by atoms with Crippen molar-refractivity contribution in [1.29, 1.82) is 0 Å². The maximum absolute atomic E-state index is 13.5. The van der Waals surface area contributed by atoms with Crippen LogP contribution in [0.5, 0.6) is 0 Å². The molecule has 1 aromatic carbocycles. The lowest BCUT2D eigenvalue weighted by atomic mass is 9.90. The number of nitrogens with zero attached hydrogens (tertiary/aromatic N) is 1. The molecule has 2 fully saturated rings. The van der Waals surface area contributed by atoms with E-state index in [-0.39, 0.29) is 19.0 Å². The summed E-state index contributed by atoms with van der Waals surface area (Å²) in [5.41, 5.74) is 0.526. The van der Waals surface area contributed by atoms with Crippen molar-refractivity contribution in [3.63, 3.8) is 0 Å². The molecule has 0 radical (unpaired) electrons. The van der Waals surface area contributed by atoms with Crippen LogP contribution >= 0.6 is 0 Å². The second-order valence-electron chi connectivity index (χ2n) is 6.52. The Labute approximate surface area is 137 Å². The van der Waals surface area contributed by atoms with Gasteiger partial charge in [-0.25, -0.2) is 4.39 Å². The van der Waals surface area contributed by atoms with Gasteiger partial charge in [-0.15, -0.1) is 0 Å². The molecule has 1 aliphatic carbocycles. The van der Waals surface area contributed by atoms with Crippen LogP contribution < -0.4 is 0 Å². The first-order valence-electron chi connectivity index (χ1n) is 8.59. The number of β-amino-alcohol motifs (C(OH)–C–C–N with tert-alkyl or cyclic N) is 1. The summed E-state index contributed by atoms with van der Waals surface area (Å²) in [6.07, 6.45) is 4.52. The summed E-state index contributed by atoms with van der Waals surface area (Å²) in [6, 6.07) is 7.00. The van der Waals surface area contributed by atoms with E-state index >= 15 is 0 Å². The summed E-state index contributed by atoms with van der Waals surface area (Å²) in [5, 5.41) is 10.2. The number of halogens is 1. The van der Waals surface area contributed by atoms with Gasteiger partial charge >= 0.3 is 0 Å². The Balaban J connectivity index is 1.43. The predicted octanol–water partition coefficient (Wildman–Crippen LogP) is 2.35. The van der Waals surface area contributed by atoms with E-state index in [1.807, 2.05) is 0 Å². The molecule has 1 saturated heterocycles. The van der Waals surface area contributed by atoms with Gasteiger partial charge in [0.25, 0.3) is 0 Å². The second-order valence-corrected chi connectivity index (χ2v) is 6.52. The van der Waals surface area contributed by atoms with E-state index in [1.165, 1.54) is 18.9 Å². The van der Waals surface area contributed by atoms with E-state index in [1.54, 1.807) is 18.2 Å². The summed E-state index contributed by atoms with van der Waals surface area (Å²) in [6.45, 7) is 2.62. The number of benzene rings is 1. The molecule has 0 amide bonds. The van der Waals surface area contributed by atoms with Crippen molar-refractivity contribution in [2.75, 3.05) is 26.3 Å². The molecule has 23 heavy (non-hydrogen) atoms. The summed E-state index contributed by atoms with van der Waals surface area (Å²) >= 11 is 0. The summed E-state index contributed by atoms with van der Waals surface area (Å²) < 4.78 is 24.8. The summed E-state index contributed by atoms with van der Waals surface area (Å²) in [4.78, 5) is 2.34. The van der Waals surface area contributed by atoms with Crippen molar-refractivity contribution in [1.82, 2.24) is 4.90 Å². The number of ether oxygens (including phenoxy) is 2. The quantitative estimate of drug-likeness (QED) is 0.872. The minimum Gasteiger partial charge on any atom is -0.389 e. The van der Waals surface area contributed by atoms with Gasteiger partial charge in [0.15, 0.2) is 0 Å². The van der Waals surface area contributed by atoms with E-state index in [9.17, 15) is 9.50 Å². The highest BCUT2D eigenvalue weighted by molar-refractivity contribution is 5.16. The van der Waals surface area contributed by atoms with Gasteiger partial charge in [0.05, 0.1) is 32.0 Å². The Morgan fingerprint density at radius 3 is 3.00 bits per heavy atom. The van der Waals surface area contributed by atoms with Gasteiger partial charge < -0.3 is 14.6 Å². The van der Waals surface area contributed by atoms with Gasteiger partial charge in [-0.3, -0.25) is 4.90 Å². The van der Waals surface area contributed by atoms with Crippen LogP contribution in [0.25, 0.3) is 0 Å². The minimum absolute atomic E-state index is 0.193. The number of morpholine rings is 1. The Kier molecular flexibility index (Phi) is 6.00. The number of fused-ring (bicyclic) bond motifs is 1. The van der Waals surface area contributed by atoms with E-state index in [4.69, 9.17) is 9.47 Å². The maximum atomic E-state index is 13.5. The van der Waals surface area contributed by atoms with Crippen LogP contribution in [0.3, 0.4) is 0 Å². The summed E-state index contributed by atoms with van der Waals surface area (Å²) in [5.74, 6) is -0.264. The highest BCUT2D eigenvalue weighted by Crippen LogP contribution is 2.28. The lowest BCUT2D eigenvalue weighted by molar-refractivity contribution is -0.103. The third-order valence-electron chi connectivity index (χ3n) is 4.82. The van der Waals surface area contributed by atoms with Crippen LogP contribution in [-0.2, 0) is 16.1 Å². The zero-order valence-corrected chi connectivity index (χ0v) is 13.5. The van der Waals surface area contributed by atoms with Gasteiger partial charge in [-0.05, 0) is 18.9 Å². The molecular formula is C18H26FNO3. The topological polar surface area (TPSA) is 41.9 Å². The number of rotatable bonds is 6. The van der Waals surface area contributed by atoms with Crippen molar-refractivity contribution in [2.24, 2.45) is 0 Å².